The summed E-state index contributed by atoms with van der Waals surface area (Å²) >= 11 is 5.52. The molecule has 19 heavy (non-hydrogen) atoms. The summed E-state index contributed by atoms with van der Waals surface area (Å²) in [6, 6.07) is 0. The lowest BCUT2D eigenvalue weighted by atomic mass is 10.0. The zero-order valence-electron chi connectivity index (χ0n) is 10.7. The Balaban J connectivity index is 1.79. The number of rotatable bonds is 6. The van der Waals surface area contributed by atoms with Crippen LogP contribution in [0.3, 0.4) is 0 Å². The predicted molar refractivity (Wildman–Crippen MR) is 73.4 cm³/mol. The van der Waals surface area contributed by atoms with Crippen LogP contribution in [0.5, 0.6) is 0 Å². The highest BCUT2D eigenvalue weighted by molar-refractivity contribution is 7.89. The molecule has 0 unspecified atom stereocenters. The summed E-state index contributed by atoms with van der Waals surface area (Å²) < 4.78 is 26.4. The van der Waals surface area contributed by atoms with Crippen molar-refractivity contribution in [2.45, 2.75) is 43.4 Å². The number of halogens is 1. The van der Waals surface area contributed by atoms with Gasteiger partial charge in [0.15, 0.2) is 0 Å². The fraction of sp³-hybridized carbons (Fsp3) is 0.667. The second-order valence-corrected chi connectivity index (χ2v) is 6.98. The molecule has 7 heteroatoms. The highest BCUT2D eigenvalue weighted by Gasteiger charge is 2.16. The summed E-state index contributed by atoms with van der Waals surface area (Å²) in [5, 5.41) is 0.0418. The molecular formula is C12H18ClN3O2S. The van der Waals surface area contributed by atoms with E-state index in [-0.39, 0.29) is 10.2 Å². The van der Waals surface area contributed by atoms with Gasteiger partial charge in [-0.15, -0.1) is 0 Å². The molecule has 2 rings (SSSR count). The van der Waals surface area contributed by atoms with E-state index in [1.165, 1.54) is 38.1 Å². The quantitative estimate of drug-likeness (QED) is 0.647. The maximum Gasteiger partial charge on any atom is 0.243 e. The Labute approximate surface area is 118 Å². The molecule has 1 aromatic heterocycles. The van der Waals surface area contributed by atoms with Gasteiger partial charge in [-0.1, -0.05) is 25.7 Å². The first-order chi connectivity index (χ1) is 9.08. The molecule has 0 amide bonds. The highest BCUT2D eigenvalue weighted by atomic mass is 35.5. The van der Waals surface area contributed by atoms with Gasteiger partial charge in [-0.3, -0.25) is 0 Å². The molecule has 1 N–H and O–H groups in total. The first-order valence-electron chi connectivity index (χ1n) is 6.55. The van der Waals surface area contributed by atoms with E-state index in [0.29, 0.717) is 6.54 Å². The van der Waals surface area contributed by atoms with E-state index < -0.39 is 10.0 Å². The number of sulfonamides is 1. The van der Waals surface area contributed by atoms with Crippen LogP contribution in [0.25, 0.3) is 0 Å². The molecule has 1 aliphatic carbocycles. The molecule has 0 aliphatic heterocycles. The molecule has 106 valence electrons. The van der Waals surface area contributed by atoms with Gasteiger partial charge in [0.1, 0.15) is 4.90 Å². The number of hydrogen-bond acceptors (Lipinski definition) is 4. The molecule has 0 saturated heterocycles. The summed E-state index contributed by atoms with van der Waals surface area (Å²) in [7, 11) is -3.51. The predicted octanol–water partition coefficient (Wildman–Crippen LogP) is 2.38. The summed E-state index contributed by atoms with van der Waals surface area (Å²) in [4.78, 5) is 7.40. The van der Waals surface area contributed by atoms with E-state index in [2.05, 4.69) is 14.7 Å². The maximum absolute atomic E-state index is 11.9. The van der Waals surface area contributed by atoms with E-state index in [4.69, 9.17) is 11.6 Å². The molecule has 1 aliphatic rings. The molecule has 5 nitrogen and oxygen atoms in total. The van der Waals surface area contributed by atoms with Crippen molar-refractivity contribution in [1.82, 2.24) is 14.7 Å². The fourth-order valence-corrected chi connectivity index (χ4v) is 3.48. The summed E-state index contributed by atoms with van der Waals surface area (Å²) in [5.41, 5.74) is 0. The van der Waals surface area contributed by atoms with E-state index in [1.807, 2.05) is 0 Å². The second-order valence-electron chi connectivity index (χ2n) is 4.88. The van der Waals surface area contributed by atoms with Crippen LogP contribution in [0.2, 0.25) is 5.28 Å². The molecule has 0 bridgehead atoms. The summed E-state index contributed by atoms with van der Waals surface area (Å²) in [5.74, 6) is 0.781. The van der Waals surface area contributed by atoms with Crippen molar-refractivity contribution < 1.29 is 8.42 Å². The Morgan fingerprint density at radius 2 is 1.89 bits per heavy atom. The summed E-state index contributed by atoms with van der Waals surface area (Å²) in [6.07, 6.45) is 9.62. The lowest BCUT2D eigenvalue weighted by Crippen LogP contribution is -2.25. The summed E-state index contributed by atoms with van der Waals surface area (Å²) in [6.45, 7) is 0.460. The van der Waals surface area contributed by atoms with Crippen molar-refractivity contribution in [3.05, 3.63) is 17.7 Å². The first-order valence-corrected chi connectivity index (χ1v) is 8.41. The van der Waals surface area contributed by atoms with E-state index in [0.717, 1.165) is 18.8 Å². The number of aromatic nitrogens is 2. The fourth-order valence-electron chi connectivity index (χ4n) is 2.42. The maximum atomic E-state index is 11.9. The largest absolute Gasteiger partial charge is 0.243 e. The number of hydrogen-bond donors (Lipinski definition) is 1. The Morgan fingerprint density at radius 1 is 1.26 bits per heavy atom. The van der Waals surface area contributed by atoms with E-state index >= 15 is 0 Å². The lowest BCUT2D eigenvalue weighted by Gasteiger charge is -2.09. The van der Waals surface area contributed by atoms with Crippen LogP contribution < -0.4 is 4.72 Å². The molecule has 0 aromatic carbocycles. The Hall–Kier alpha value is -0.720. The third kappa shape index (κ3) is 4.40. The lowest BCUT2D eigenvalue weighted by molar-refractivity contribution is 0.480. The van der Waals surface area contributed by atoms with E-state index in [1.54, 1.807) is 0 Å². The van der Waals surface area contributed by atoms with Gasteiger partial charge in [0.05, 0.1) is 12.4 Å². The van der Waals surface area contributed by atoms with Crippen molar-refractivity contribution >= 4 is 21.6 Å². The van der Waals surface area contributed by atoms with Crippen molar-refractivity contribution in [3.63, 3.8) is 0 Å². The van der Waals surface area contributed by atoms with Gasteiger partial charge in [-0.2, -0.15) is 0 Å². The third-order valence-corrected chi connectivity index (χ3v) is 5.07. The second kappa shape index (κ2) is 6.63. The van der Waals surface area contributed by atoms with Crippen molar-refractivity contribution in [1.29, 1.82) is 0 Å². The minimum absolute atomic E-state index is 0.0418. The normalized spacial score (nSPS) is 16.9. The van der Waals surface area contributed by atoms with Crippen LogP contribution in [-0.4, -0.2) is 24.9 Å². The molecule has 1 fully saturated rings. The first kappa shape index (κ1) is 14.7. The molecule has 0 radical (unpaired) electrons. The Kier molecular flexibility index (Phi) is 5.13. The van der Waals surface area contributed by atoms with Crippen LogP contribution in [-0.2, 0) is 10.0 Å². The van der Waals surface area contributed by atoms with Gasteiger partial charge >= 0.3 is 0 Å². The van der Waals surface area contributed by atoms with Crippen LogP contribution >= 0.6 is 11.6 Å². The Bertz CT molecular complexity index is 498. The van der Waals surface area contributed by atoms with Crippen LogP contribution in [0, 0.1) is 5.92 Å². The standard InChI is InChI=1S/C12H18ClN3O2S/c13-12-14-8-11(9-15-12)19(17,18)16-7-3-6-10-4-1-2-5-10/h8-10,16H,1-7H2. The van der Waals surface area contributed by atoms with Gasteiger partial charge in [-0.25, -0.2) is 23.1 Å². The zero-order valence-corrected chi connectivity index (χ0v) is 12.3. The molecular weight excluding hydrogens is 286 g/mol. The monoisotopic (exact) mass is 303 g/mol. The van der Waals surface area contributed by atoms with Gasteiger partial charge < -0.3 is 0 Å². The van der Waals surface area contributed by atoms with Crippen LogP contribution in [0.1, 0.15) is 38.5 Å². The SMILES string of the molecule is O=S(=O)(NCCCC1CCCC1)c1cnc(Cl)nc1. The Morgan fingerprint density at radius 3 is 2.53 bits per heavy atom. The minimum atomic E-state index is -3.51. The van der Waals surface area contributed by atoms with Gasteiger partial charge in [0.2, 0.25) is 15.3 Å². The van der Waals surface area contributed by atoms with Gasteiger partial charge in [0.25, 0.3) is 0 Å². The molecule has 1 saturated carbocycles. The van der Waals surface area contributed by atoms with Crippen LogP contribution in [0.15, 0.2) is 17.3 Å². The minimum Gasteiger partial charge on any atom is -0.225 e. The van der Waals surface area contributed by atoms with Crippen LogP contribution in [0.4, 0.5) is 0 Å². The van der Waals surface area contributed by atoms with Gasteiger partial charge in [-0.05, 0) is 30.4 Å². The highest BCUT2D eigenvalue weighted by Crippen LogP contribution is 2.28. The third-order valence-electron chi connectivity index (χ3n) is 3.46. The molecule has 1 aromatic rings. The number of nitrogens with zero attached hydrogens (tertiary/aromatic N) is 2. The topological polar surface area (TPSA) is 72.0 Å². The average Bonchev–Trinajstić information content (AvgIpc) is 2.88. The van der Waals surface area contributed by atoms with Crippen molar-refractivity contribution in [2.24, 2.45) is 5.92 Å². The molecule has 0 spiro atoms. The number of nitrogens with one attached hydrogen (secondary N) is 1. The van der Waals surface area contributed by atoms with Crippen molar-refractivity contribution in [2.75, 3.05) is 6.54 Å². The van der Waals surface area contributed by atoms with Gasteiger partial charge in [0, 0.05) is 6.54 Å². The average molecular weight is 304 g/mol. The molecule has 0 atom stereocenters. The van der Waals surface area contributed by atoms with Crippen molar-refractivity contribution in [3.8, 4) is 0 Å². The van der Waals surface area contributed by atoms with E-state index in [9.17, 15) is 8.42 Å². The zero-order chi connectivity index (χ0) is 13.7. The molecule has 1 heterocycles. The smallest absolute Gasteiger partial charge is 0.225 e.